The van der Waals surface area contributed by atoms with E-state index in [1.165, 1.54) is 56.4 Å². The summed E-state index contributed by atoms with van der Waals surface area (Å²) in [5.74, 6) is 0. The summed E-state index contributed by atoms with van der Waals surface area (Å²) in [5, 5.41) is 6.94. The van der Waals surface area contributed by atoms with Gasteiger partial charge in [0.2, 0.25) is 0 Å². The van der Waals surface area contributed by atoms with Crippen molar-refractivity contribution in [3.8, 4) is 39.1 Å². The van der Waals surface area contributed by atoms with Crippen LogP contribution in [0.5, 0.6) is 0 Å². The molecule has 1 heterocycles. The van der Waals surface area contributed by atoms with Gasteiger partial charge >= 0.3 is 12.4 Å². The van der Waals surface area contributed by atoms with Crippen molar-refractivity contribution in [1.82, 2.24) is 4.57 Å². The zero-order valence-corrected chi connectivity index (χ0v) is 35.2. The van der Waals surface area contributed by atoms with Gasteiger partial charge < -0.3 is 9.47 Å². The van der Waals surface area contributed by atoms with Crippen molar-refractivity contribution in [2.45, 2.75) is 24.8 Å². The highest BCUT2D eigenvalue weighted by atomic mass is 19.4. The molecule has 0 bridgehead atoms. The molecule has 9 aromatic carbocycles. The lowest BCUT2D eigenvalue weighted by Gasteiger charge is -2.33. The first-order chi connectivity index (χ1) is 32.0. The van der Waals surface area contributed by atoms with Crippen molar-refractivity contribution >= 4 is 54.7 Å². The number of hydrogen-bond donors (Lipinski definition) is 0. The van der Waals surface area contributed by atoms with Crippen LogP contribution in [-0.2, 0) is 6.18 Å². The predicted molar refractivity (Wildman–Crippen MR) is 257 cm³/mol. The molecule has 1 aliphatic rings. The zero-order valence-electron chi connectivity index (χ0n) is 35.2. The molecule has 0 aliphatic heterocycles. The Morgan fingerprint density at radius 1 is 0.424 bits per heavy atom. The van der Waals surface area contributed by atoms with Gasteiger partial charge in [-0.1, -0.05) is 146 Å². The van der Waals surface area contributed by atoms with E-state index in [9.17, 15) is 26.3 Å². The Kier molecular flexibility index (Phi) is 9.91. The van der Waals surface area contributed by atoms with Crippen LogP contribution >= 0.6 is 0 Å². The van der Waals surface area contributed by atoms with E-state index < -0.39 is 29.5 Å². The summed E-state index contributed by atoms with van der Waals surface area (Å²) >= 11 is 0. The number of anilines is 2. The molecule has 1 aromatic heterocycles. The molecule has 0 saturated carbocycles. The molecule has 0 saturated heterocycles. The predicted octanol–water partition coefficient (Wildman–Crippen LogP) is 17.1. The molecule has 1 atom stereocenters. The minimum Gasteiger partial charge on any atom is -0.334 e. The Morgan fingerprint density at radius 3 is 1.45 bits per heavy atom. The molecule has 0 spiro atoms. The zero-order chi connectivity index (χ0) is 45.2. The van der Waals surface area contributed by atoms with Gasteiger partial charge in [0.15, 0.2) is 0 Å². The smallest absolute Gasteiger partial charge is 0.334 e. The third-order valence-electron chi connectivity index (χ3n) is 12.8. The third-order valence-corrected chi connectivity index (χ3v) is 12.8. The van der Waals surface area contributed by atoms with Crippen LogP contribution in [0.3, 0.4) is 0 Å². The van der Waals surface area contributed by atoms with E-state index in [0.717, 1.165) is 68.5 Å². The Bertz CT molecular complexity index is 3450. The number of aromatic nitrogens is 1. The molecule has 1 unspecified atom stereocenters. The molecular weight excluding hydrogens is 839 g/mol. The van der Waals surface area contributed by atoms with Crippen molar-refractivity contribution in [1.29, 1.82) is 0 Å². The molecule has 10 aromatic rings. The van der Waals surface area contributed by atoms with Gasteiger partial charge in [0, 0.05) is 27.8 Å². The van der Waals surface area contributed by atoms with Crippen molar-refractivity contribution in [2.24, 2.45) is 0 Å². The number of para-hydroxylation sites is 1. The van der Waals surface area contributed by atoms with E-state index in [0.29, 0.717) is 11.4 Å². The van der Waals surface area contributed by atoms with Gasteiger partial charge in [0.1, 0.15) is 0 Å². The monoisotopic (exact) mass is 876 g/mol. The van der Waals surface area contributed by atoms with Gasteiger partial charge in [-0.15, -0.1) is 0 Å². The Balaban J connectivity index is 0.955. The van der Waals surface area contributed by atoms with Crippen molar-refractivity contribution in [2.75, 3.05) is 4.90 Å². The number of alkyl halides is 6. The molecular formula is C58H38F6N2. The first-order valence-electron chi connectivity index (χ1n) is 21.7. The SMILES string of the molecule is FC(F)(F)C1=CCC(N(c2ccc(-c3ccc4c(c3)c3ccccc3n4-c3ccc(-c4c5ccccc5c(-c5ccccc5)c5ccccc45)cc3)cc2)c2ccc(C(F)(F)F)cc2)C=C1. The lowest BCUT2D eigenvalue weighted by atomic mass is 9.86. The van der Waals surface area contributed by atoms with Crippen LogP contribution in [0.15, 0.2) is 218 Å². The normalized spacial score (nSPS) is 14.3. The average molecular weight is 877 g/mol. The van der Waals surface area contributed by atoms with E-state index in [4.69, 9.17) is 0 Å². The maximum Gasteiger partial charge on any atom is 0.416 e. The van der Waals surface area contributed by atoms with Gasteiger partial charge in [0.05, 0.1) is 28.2 Å². The topological polar surface area (TPSA) is 8.17 Å². The van der Waals surface area contributed by atoms with Crippen LogP contribution in [0, 0.1) is 0 Å². The first-order valence-corrected chi connectivity index (χ1v) is 21.7. The van der Waals surface area contributed by atoms with Gasteiger partial charge in [-0.05, 0) is 128 Å². The van der Waals surface area contributed by atoms with E-state index in [2.05, 4.69) is 132 Å². The highest BCUT2D eigenvalue weighted by Crippen LogP contribution is 2.45. The van der Waals surface area contributed by atoms with Crippen molar-refractivity contribution in [3.05, 3.63) is 223 Å². The number of rotatable bonds is 7. The number of allylic oxidation sites excluding steroid dienone is 2. The fourth-order valence-electron chi connectivity index (χ4n) is 9.73. The van der Waals surface area contributed by atoms with Gasteiger partial charge in [0.25, 0.3) is 0 Å². The fraction of sp³-hybridized carbons (Fsp3) is 0.0690. The number of nitrogens with zero attached hydrogens (tertiary/aromatic N) is 2. The second-order valence-electron chi connectivity index (χ2n) is 16.6. The number of halogens is 6. The molecule has 322 valence electrons. The van der Waals surface area contributed by atoms with E-state index in [1.54, 1.807) is 4.90 Å². The summed E-state index contributed by atoms with van der Waals surface area (Å²) in [6.07, 6.45) is -5.38. The first kappa shape index (κ1) is 40.9. The summed E-state index contributed by atoms with van der Waals surface area (Å²) in [7, 11) is 0. The Hall–Kier alpha value is -7.84. The highest BCUT2D eigenvalue weighted by molar-refractivity contribution is 6.21. The molecule has 8 heteroatoms. The molecule has 0 radical (unpaired) electrons. The second-order valence-corrected chi connectivity index (χ2v) is 16.6. The summed E-state index contributed by atoms with van der Waals surface area (Å²) in [6, 6.07) is 63.1. The summed E-state index contributed by atoms with van der Waals surface area (Å²) in [5.41, 5.74) is 9.22. The summed E-state index contributed by atoms with van der Waals surface area (Å²) < 4.78 is 83.3. The summed E-state index contributed by atoms with van der Waals surface area (Å²) in [6.45, 7) is 0. The van der Waals surface area contributed by atoms with E-state index in [1.807, 2.05) is 42.5 Å². The van der Waals surface area contributed by atoms with Gasteiger partial charge in [-0.3, -0.25) is 0 Å². The van der Waals surface area contributed by atoms with Crippen LogP contribution in [0.4, 0.5) is 37.7 Å². The Morgan fingerprint density at radius 2 is 0.909 bits per heavy atom. The number of fused-ring (bicyclic) bond motifs is 5. The molecule has 0 fully saturated rings. The minimum atomic E-state index is -4.53. The van der Waals surface area contributed by atoms with E-state index >= 15 is 0 Å². The maximum absolute atomic E-state index is 13.5. The quantitative estimate of drug-likeness (QED) is 0.114. The molecule has 1 aliphatic carbocycles. The Labute approximate surface area is 376 Å². The molecule has 0 N–H and O–H groups in total. The maximum atomic E-state index is 13.5. The molecule has 2 nitrogen and oxygen atoms in total. The van der Waals surface area contributed by atoms with Crippen LogP contribution in [0.1, 0.15) is 12.0 Å². The fourth-order valence-corrected chi connectivity index (χ4v) is 9.73. The molecule has 11 rings (SSSR count). The van der Waals surface area contributed by atoms with Crippen molar-refractivity contribution < 1.29 is 26.3 Å². The largest absolute Gasteiger partial charge is 0.416 e. The number of hydrogen-bond acceptors (Lipinski definition) is 1. The second kappa shape index (κ2) is 16.0. The van der Waals surface area contributed by atoms with Gasteiger partial charge in [-0.25, -0.2) is 0 Å². The van der Waals surface area contributed by atoms with Crippen LogP contribution in [0.25, 0.3) is 82.4 Å². The summed E-state index contributed by atoms with van der Waals surface area (Å²) in [4.78, 5) is 1.77. The molecule has 0 amide bonds. The number of benzene rings is 9. The molecule has 66 heavy (non-hydrogen) atoms. The van der Waals surface area contributed by atoms with Crippen LogP contribution in [-0.4, -0.2) is 16.8 Å². The average Bonchev–Trinajstić information content (AvgIpc) is 3.67. The standard InChI is InChI=1S/C58H38F6N2/c59-57(60,61)41-23-31-44(32-24-41)65(45-33-25-42(26-34-45)58(62,63)64)43-27-18-37(19-28-43)40-22-35-54-52(36-40)47-12-8-9-17-53(47)66(54)46-29-20-39(21-30-46)56-50-15-6-4-13-48(50)55(38-10-2-1-3-11-38)49-14-5-7-16-51(49)56/h1-33,35-36,45H,34H2. The van der Waals surface area contributed by atoms with Crippen LogP contribution in [0.2, 0.25) is 0 Å². The van der Waals surface area contributed by atoms with Gasteiger partial charge in [-0.2, -0.15) is 26.3 Å². The third kappa shape index (κ3) is 7.19. The minimum absolute atomic E-state index is 0.0211. The lowest BCUT2D eigenvalue weighted by Crippen LogP contribution is -2.31. The van der Waals surface area contributed by atoms with E-state index in [-0.39, 0.29) is 6.42 Å². The lowest BCUT2D eigenvalue weighted by molar-refractivity contribution is -0.137. The van der Waals surface area contributed by atoms with Crippen molar-refractivity contribution in [3.63, 3.8) is 0 Å². The highest BCUT2D eigenvalue weighted by Gasteiger charge is 2.35. The van der Waals surface area contributed by atoms with Crippen LogP contribution < -0.4 is 4.90 Å².